The molecule has 3 heterocycles. The molecule has 0 aromatic carbocycles. The molecule has 0 aliphatic rings. The third-order valence-corrected chi connectivity index (χ3v) is 4.43. The number of alkyl halides is 8. The topological polar surface area (TPSA) is 72.5 Å². The van der Waals surface area contributed by atoms with Gasteiger partial charge in [0.25, 0.3) is 5.56 Å². The van der Waals surface area contributed by atoms with Crippen molar-refractivity contribution in [2.75, 3.05) is 11.9 Å². The molecule has 0 N–H and O–H groups in total. The minimum Gasteiger partial charge on any atom is -0.287 e. The predicted molar refractivity (Wildman–Crippen MR) is 93.6 cm³/mol. The van der Waals surface area contributed by atoms with Crippen LogP contribution in [0.25, 0.3) is 16.8 Å². The van der Waals surface area contributed by atoms with E-state index in [0.717, 1.165) is 25.4 Å². The number of aromatic nitrogens is 4. The van der Waals surface area contributed by atoms with Crippen LogP contribution in [0.15, 0.2) is 35.5 Å². The molecular formula is C17H10F9N5O2. The zero-order chi connectivity index (χ0) is 24.9. The smallest absolute Gasteiger partial charge is 0.287 e. The molecule has 0 aliphatic heterocycles. The molecule has 0 fully saturated rings. The zero-order valence-electron chi connectivity index (χ0n) is 16.0. The van der Waals surface area contributed by atoms with Crippen molar-refractivity contribution >= 4 is 17.5 Å². The van der Waals surface area contributed by atoms with E-state index in [1.165, 1.54) is 0 Å². The van der Waals surface area contributed by atoms with Crippen molar-refractivity contribution in [3.05, 3.63) is 46.8 Å². The van der Waals surface area contributed by atoms with Crippen LogP contribution in [0.2, 0.25) is 0 Å². The van der Waals surface area contributed by atoms with Gasteiger partial charge in [0, 0.05) is 31.1 Å². The Morgan fingerprint density at radius 2 is 1.76 bits per heavy atom. The number of anilines is 1. The van der Waals surface area contributed by atoms with Crippen LogP contribution in [-0.2, 0) is 12.7 Å². The minimum absolute atomic E-state index is 0.0438. The summed E-state index contributed by atoms with van der Waals surface area (Å²) < 4.78 is 118. The second-order valence-electron chi connectivity index (χ2n) is 6.69. The SMILES string of the molecule is CN(C(=O)F)c1ccn2c(=O)c(-c3cnn(CC(F)(F)C(F)(F)F)c3)c(C(F)(F)F)nc2c1. The maximum Gasteiger partial charge on any atom is 0.455 e. The number of hydrogen-bond donors (Lipinski definition) is 0. The van der Waals surface area contributed by atoms with Gasteiger partial charge < -0.3 is 0 Å². The molecule has 0 bridgehead atoms. The number of carbonyl (C=O) groups is 1. The molecular weight excluding hydrogens is 477 g/mol. The number of amides is 1. The van der Waals surface area contributed by atoms with Gasteiger partial charge in [0.15, 0.2) is 5.69 Å². The fourth-order valence-corrected chi connectivity index (χ4v) is 2.77. The Bertz CT molecular complexity index is 1280. The normalized spacial score (nSPS) is 12.9. The fraction of sp³-hybridized carbons (Fsp3) is 0.294. The summed E-state index contributed by atoms with van der Waals surface area (Å²) in [6, 6.07) is 1.82. The standard InChI is InChI=1S/C17H10F9N5O2/c1-29(14(18)33)9-2-3-31-10(4-9)28-12(16(21,22)23)11(13(31)32)8-5-27-30(6-8)7-15(19,20)17(24,25)26/h2-6H,7H2,1H3. The van der Waals surface area contributed by atoms with Crippen LogP contribution < -0.4 is 10.5 Å². The Balaban J connectivity index is 2.18. The zero-order valence-corrected chi connectivity index (χ0v) is 16.0. The number of hydrogen-bond acceptors (Lipinski definition) is 4. The van der Waals surface area contributed by atoms with E-state index in [1.807, 2.05) is 0 Å². The van der Waals surface area contributed by atoms with Crippen molar-refractivity contribution in [2.45, 2.75) is 24.8 Å². The molecule has 16 heteroatoms. The van der Waals surface area contributed by atoms with Gasteiger partial charge in [-0.1, -0.05) is 0 Å². The summed E-state index contributed by atoms with van der Waals surface area (Å²) in [7, 11) is 0.969. The van der Waals surface area contributed by atoms with E-state index < -0.39 is 59.0 Å². The Kier molecular flexibility index (Phi) is 5.67. The largest absolute Gasteiger partial charge is 0.455 e. The average Bonchev–Trinajstić information content (AvgIpc) is 3.12. The summed E-state index contributed by atoms with van der Waals surface area (Å²) in [4.78, 5) is 27.4. The Labute approximate surface area is 176 Å². The van der Waals surface area contributed by atoms with Crippen molar-refractivity contribution in [2.24, 2.45) is 0 Å². The van der Waals surface area contributed by atoms with Crippen molar-refractivity contribution in [3.8, 4) is 11.1 Å². The highest BCUT2D eigenvalue weighted by molar-refractivity contribution is 5.86. The number of carbonyl (C=O) groups excluding carboxylic acids is 1. The highest BCUT2D eigenvalue weighted by atomic mass is 19.4. The maximum atomic E-state index is 13.6. The van der Waals surface area contributed by atoms with Gasteiger partial charge in [-0.25, -0.2) is 9.78 Å². The highest BCUT2D eigenvalue weighted by Gasteiger charge is 2.57. The van der Waals surface area contributed by atoms with E-state index in [0.29, 0.717) is 21.7 Å². The van der Waals surface area contributed by atoms with E-state index in [-0.39, 0.29) is 10.4 Å². The average molecular weight is 487 g/mol. The van der Waals surface area contributed by atoms with Gasteiger partial charge >= 0.3 is 24.4 Å². The predicted octanol–water partition coefficient (Wildman–Crippen LogP) is 4.30. The monoisotopic (exact) mass is 487 g/mol. The van der Waals surface area contributed by atoms with E-state index in [1.54, 1.807) is 0 Å². The third-order valence-electron chi connectivity index (χ3n) is 4.43. The van der Waals surface area contributed by atoms with Crippen molar-refractivity contribution in [3.63, 3.8) is 0 Å². The second kappa shape index (κ2) is 7.77. The van der Waals surface area contributed by atoms with Gasteiger partial charge in [0.1, 0.15) is 12.2 Å². The molecule has 3 aromatic rings. The Morgan fingerprint density at radius 1 is 1.12 bits per heavy atom. The number of halogens is 9. The van der Waals surface area contributed by atoms with E-state index in [9.17, 15) is 49.1 Å². The van der Waals surface area contributed by atoms with Crippen LogP contribution in [-0.4, -0.2) is 44.5 Å². The first-order chi connectivity index (χ1) is 15.0. The number of nitrogens with zero attached hydrogens (tertiary/aromatic N) is 5. The summed E-state index contributed by atoms with van der Waals surface area (Å²) in [5.74, 6) is -5.24. The molecule has 0 spiro atoms. The first kappa shape index (κ1) is 24.1. The molecule has 0 unspecified atom stereocenters. The molecule has 1 amide bonds. The van der Waals surface area contributed by atoms with E-state index in [4.69, 9.17) is 0 Å². The lowest BCUT2D eigenvalue weighted by Gasteiger charge is -2.19. The molecule has 0 aliphatic carbocycles. The quantitative estimate of drug-likeness (QED) is 0.313. The summed E-state index contributed by atoms with van der Waals surface area (Å²) >= 11 is 0. The lowest BCUT2D eigenvalue weighted by Crippen LogP contribution is -2.40. The van der Waals surface area contributed by atoms with Gasteiger partial charge in [0.2, 0.25) is 0 Å². The molecule has 33 heavy (non-hydrogen) atoms. The van der Waals surface area contributed by atoms with Gasteiger partial charge in [0.05, 0.1) is 17.4 Å². The summed E-state index contributed by atoms with van der Waals surface area (Å²) in [6.45, 7) is -2.03. The van der Waals surface area contributed by atoms with Crippen LogP contribution in [0.3, 0.4) is 0 Å². The number of pyridine rings is 1. The molecule has 3 aromatic heterocycles. The lowest BCUT2D eigenvalue weighted by atomic mass is 10.1. The van der Waals surface area contributed by atoms with Crippen LogP contribution in [0.4, 0.5) is 50.0 Å². The lowest BCUT2D eigenvalue weighted by molar-refractivity contribution is -0.287. The molecule has 7 nitrogen and oxygen atoms in total. The van der Waals surface area contributed by atoms with Crippen LogP contribution in [0.1, 0.15) is 5.69 Å². The van der Waals surface area contributed by atoms with Gasteiger partial charge in [-0.3, -0.25) is 18.8 Å². The van der Waals surface area contributed by atoms with Gasteiger partial charge in [-0.2, -0.15) is 40.2 Å². The molecule has 0 saturated carbocycles. The molecule has 3 rings (SSSR count). The maximum absolute atomic E-state index is 13.6. The Hall–Kier alpha value is -3.59. The summed E-state index contributed by atoms with van der Waals surface area (Å²) in [5, 5.41) is 3.20. The number of fused-ring (bicyclic) bond motifs is 1. The minimum atomic E-state index is -5.94. The van der Waals surface area contributed by atoms with E-state index >= 15 is 0 Å². The third kappa shape index (κ3) is 4.49. The molecule has 0 saturated heterocycles. The molecule has 0 radical (unpaired) electrons. The second-order valence-corrected chi connectivity index (χ2v) is 6.69. The molecule has 178 valence electrons. The van der Waals surface area contributed by atoms with Gasteiger partial charge in [-0.05, 0) is 6.07 Å². The van der Waals surface area contributed by atoms with Crippen LogP contribution >= 0.6 is 0 Å². The van der Waals surface area contributed by atoms with Crippen molar-refractivity contribution in [1.29, 1.82) is 0 Å². The Morgan fingerprint density at radius 3 is 2.30 bits per heavy atom. The summed E-state index contributed by atoms with van der Waals surface area (Å²) in [6.07, 6.45) is -11.3. The van der Waals surface area contributed by atoms with Crippen molar-refractivity contribution < 1.29 is 44.3 Å². The molecule has 0 atom stereocenters. The van der Waals surface area contributed by atoms with E-state index in [2.05, 4.69) is 10.1 Å². The first-order valence-electron chi connectivity index (χ1n) is 8.57. The first-order valence-corrected chi connectivity index (χ1v) is 8.57. The van der Waals surface area contributed by atoms with Crippen molar-refractivity contribution in [1.82, 2.24) is 19.2 Å². The summed E-state index contributed by atoms with van der Waals surface area (Å²) in [5.41, 5.74) is -5.91. The number of rotatable bonds is 4. The van der Waals surface area contributed by atoms with Gasteiger partial charge in [-0.15, -0.1) is 4.39 Å². The van der Waals surface area contributed by atoms with Crippen LogP contribution in [0, 0.1) is 0 Å². The highest BCUT2D eigenvalue weighted by Crippen LogP contribution is 2.38. The fourth-order valence-electron chi connectivity index (χ4n) is 2.77. The van der Waals surface area contributed by atoms with Crippen LogP contribution in [0.5, 0.6) is 0 Å².